The van der Waals surface area contributed by atoms with Gasteiger partial charge in [-0.05, 0) is 6.42 Å². The summed E-state index contributed by atoms with van der Waals surface area (Å²) in [4.78, 5) is 5.58. The van der Waals surface area contributed by atoms with Gasteiger partial charge in [0.25, 0.3) is 0 Å². The maximum Gasteiger partial charge on any atom is 0.402 e. The van der Waals surface area contributed by atoms with Crippen molar-refractivity contribution < 1.29 is 16.8 Å². The molecule has 0 amide bonds. The van der Waals surface area contributed by atoms with Gasteiger partial charge in [-0.2, -0.15) is 8.42 Å². The van der Waals surface area contributed by atoms with Crippen molar-refractivity contribution in [2.75, 3.05) is 19.8 Å². The Labute approximate surface area is 95.9 Å². The molecule has 0 saturated carbocycles. The first-order valence-corrected chi connectivity index (χ1v) is 6.35. The summed E-state index contributed by atoms with van der Waals surface area (Å²) in [6, 6.07) is 0. The summed E-state index contributed by atoms with van der Waals surface area (Å²) in [7, 11) is -3.97. The summed E-state index contributed by atoms with van der Waals surface area (Å²) in [6.45, 7) is 6.53. The Morgan fingerprint density at radius 1 is 1.69 bits per heavy atom. The second kappa shape index (κ2) is 5.97. The zero-order chi connectivity index (χ0) is 12.0. The zero-order valence-electron chi connectivity index (χ0n) is 9.20. The van der Waals surface area contributed by atoms with Crippen molar-refractivity contribution in [3.05, 3.63) is 12.7 Å². The third kappa shape index (κ3) is 4.30. The van der Waals surface area contributed by atoms with Crippen LogP contribution in [0.4, 0.5) is 0 Å². The molecule has 16 heavy (non-hydrogen) atoms. The average Bonchev–Trinajstić information content (AvgIpc) is 2.76. The van der Waals surface area contributed by atoms with E-state index in [1.165, 1.54) is 6.08 Å². The van der Waals surface area contributed by atoms with Crippen LogP contribution in [0.3, 0.4) is 0 Å². The molecule has 1 unspecified atom stereocenters. The number of nitrogens with zero attached hydrogens (tertiary/aromatic N) is 2. The van der Waals surface area contributed by atoms with Crippen LogP contribution in [-0.4, -0.2) is 45.6 Å². The molecule has 1 aliphatic heterocycles. The highest BCUT2D eigenvalue weighted by Crippen LogP contribution is 2.07. The number of hydrogen-bond donors (Lipinski definition) is 0. The van der Waals surface area contributed by atoms with Crippen LogP contribution in [0.15, 0.2) is 17.6 Å². The van der Waals surface area contributed by atoms with Crippen molar-refractivity contribution in [2.24, 2.45) is 4.99 Å². The Kier molecular flexibility index (Phi) is 4.91. The topological polar surface area (TPSA) is 68.2 Å². The van der Waals surface area contributed by atoms with E-state index in [0.717, 1.165) is 0 Å². The van der Waals surface area contributed by atoms with E-state index in [1.807, 2.05) is 0 Å². The largest absolute Gasteiger partial charge is 0.402 e. The van der Waals surface area contributed by atoms with Gasteiger partial charge in [0, 0.05) is 6.54 Å². The summed E-state index contributed by atoms with van der Waals surface area (Å²) in [5.41, 5.74) is 0. The van der Waals surface area contributed by atoms with Gasteiger partial charge in [0.05, 0.1) is 19.0 Å². The minimum Gasteiger partial charge on any atom is -0.337 e. The van der Waals surface area contributed by atoms with Crippen molar-refractivity contribution in [1.29, 1.82) is 0 Å². The van der Waals surface area contributed by atoms with Crippen molar-refractivity contribution in [2.45, 2.75) is 19.4 Å². The van der Waals surface area contributed by atoms with Gasteiger partial charge in [-0.1, -0.05) is 13.0 Å². The van der Waals surface area contributed by atoms with Gasteiger partial charge in [0.2, 0.25) is 0 Å². The maximum atomic E-state index is 11.4. The normalized spacial score (nSPS) is 17.7. The molecule has 0 saturated heterocycles. The van der Waals surface area contributed by atoms with Gasteiger partial charge in [-0.25, -0.2) is 8.37 Å². The molecule has 92 valence electrons. The monoisotopic (exact) mass is 248 g/mol. The van der Waals surface area contributed by atoms with Gasteiger partial charge >= 0.3 is 10.4 Å². The van der Waals surface area contributed by atoms with E-state index < -0.39 is 16.5 Å². The minimum absolute atomic E-state index is 0.0700. The maximum absolute atomic E-state index is 11.4. The summed E-state index contributed by atoms with van der Waals surface area (Å²) in [5, 5.41) is 0. The van der Waals surface area contributed by atoms with E-state index in [4.69, 9.17) is 4.18 Å². The SMILES string of the molecule is C=CC(CC)OS(=O)(=O)OCN1C=NCC1. The summed E-state index contributed by atoms with van der Waals surface area (Å²) in [6.07, 6.45) is 2.97. The van der Waals surface area contributed by atoms with E-state index in [1.54, 1.807) is 18.2 Å². The van der Waals surface area contributed by atoms with Crippen molar-refractivity contribution >= 4 is 16.7 Å². The molecular weight excluding hydrogens is 232 g/mol. The summed E-state index contributed by atoms with van der Waals surface area (Å²) in [5.74, 6) is 0. The van der Waals surface area contributed by atoms with E-state index >= 15 is 0 Å². The second-order valence-electron chi connectivity index (χ2n) is 3.27. The van der Waals surface area contributed by atoms with Crippen LogP contribution in [0, 0.1) is 0 Å². The molecule has 0 bridgehead atoms. The predicted molar refractivity (Wildman–Crippen MR) is 60.3 cm³/mol. The fourth-order valence-corrected chi connectivity index (χ4v) is 1.94. The number of aliphatic imine (C=N–C) groups is 1. The van der Waals surface area contributed by atoms with Gasteiger partial charge in [-0.3, -0.25) is 4.99 Å². The van der Waals surface area contributed by atoms with Gasteiger partial charge in [0.15, 0.2) is 0 Å². The third-order valence-electron chi connectivity index (χ3n) is 2.03. The van der Waals surface area contributed by atoms with Crippen LogP contribution in [0.2, 0.25) is 0 Å². The Balaban J connectivity index is 2.38. The molecule has 0 spiro atoms. The molecule has 1 heterocycles. The van der Waals surface area contributed by atoms with Crippen LogP contribution in [0.1, 0.15) is 13.3 Å². The van der Waals surface area contributed by atoms with E-state index in [9.17, 15) is 8.42 Å². The first kappa shape index (κ1) is 13.1. The number of rotatable bonds is 7. The van der Waals surface area contributed by atoms with Crippen LogP contribution in [0.25, 0.3) is 0 Å². The molecule has 0 aromatic heterocycles. The Morgan fingerprint density at radius 3 is 2.94 bits per heavy atom. The summed E-state index contributed by atoms with van der Waals surface area (Å²) < 4.78 is 32.1. The molecule has 0 aliphatic carbocycles. The highest BCUT2D eigenvalue weighted by Gasteiger charge is 2.18. The standard InChI is InChI=1S/C9H16N2O4S/c1-3-9(4-2)15-16(12,13)14-8-11-6-5-10-7-11/h3,7,9H,1,4-6,8H2,2H3. The van der Waals surface area contributed by atoms with Crippen molar-refractivity contribution in [3.63, 3.8) is 0 Å². The Bertz CT molecular complexity index is 353. The third-order valence-corrected chi connectivity index (χ3v) is 2.91. The molecule has 0 aromatic carbocycles. The first-order valence-electron chi connectivity index (χ1n) is 5.01. The lowest BCUT2D eigenvalue weighted by atomic mass is 10.3. The molecule has 1 atom stereocenters. The van der Waals surface area contributed by atoms with Crippen molar-refractivity contribution in [1.82, 2.24) is 4.90 Å². The quantitative estimate of drug-likeness (QED) is 0.615. The molecule has 1 aliphatic rings. The molecule has 7 heteroatoms. The molecule has 0 fully saturated rings. The fraction of sp³-hybridized carbons (Fsp3) is 0.667. The molecule has 6 nitrogen and oxygen atoms in total. The van der Waals surface area contributed by atoms with Crippen LogP contribution < -0.4 is 0 Å². The zero-order valence-corrected chi connectivity index (χ0v) is 10.0. The lowest BCUT2D eigenvalue weighted by Crippen LogP contribution is -2.27. The first-order chi connectivity index (χ1) is 7.57. The number of hydrogen-bond acceptors (Lipinski definition) is 6. The van der Waals surface area contributed by atoms with Gasteiger partial charge < -0.3 is 4.90 Å². The van der Waals surface area contributed by atoms with Gasteiger partial charge in [-0.15, -0.1) is 6.58 Å². The van der Waals surface area contributed by atoms with E-state index in [-0.39, 0.29) is 6.73 Å². The lowest BCUT2D eigenvalue weighted by molar-refractivity contribution is 0.144. The smallest absolute Gasteiger partial charge is 0.337 e. The van der Waals surface area contributed by atoms with Crippen molar-refractivity contribution in [3.8, 4) is 0 Å². The van der Waals surface area contributed by atoms with Crippen LogP contribution in [0.5, 0.6) is 0 Å². The minimum atomic E-state index is -3.97. The van der Waals surface area contributed by atoms with E-state index in [2.05, 4.69) is 15.8 Å². The molecule has 0 aromatic rings. The van der Waals surface area contributed by atoms with Crippen LogP contribution >= 0.6 is 0 Å². The Morgan fingerprint density at radius 2 is 2.44 bits per heavy atom. The van der Waals surface area contributed by atoms with Gasteiger partial charge in [0.1, 0.15) is 6.73 Å². The second-order valence-corrected chi connectivity index (χ2v) is 4.51. The molecule has 0 N–H and O–H groups in total. The Hall–Kier alpha value is -0.920. The predicted octanol–water partition coefficient (Wildman–Crippen LogP) is 0.530. The van der Waals surface area contributed by atoms with Crippen LogP contribution in [-0.2, 0) is 18.8 Å². The average molecular weight is 248 g/mol. The molecule has 0 radical (unpaired) electrons. The summed E-state index contributed by atoms with van der Waals surface area (Å²) >= 11 is 0. The highest BCUT2D eigenvalue weighted by atomic mass is 32.3. The van der Waals surface area contributed by atoms with E-state index in [0.29, 0.717) is 19.5 Å². The highest BCUT2D eigenvalue weighted by molar-refractivity contribution is 7.81. The fourth-order valence-electron chi connectivity index (χ4n) is 1.10. The lowest BCUT2D eigenvalue weighted by Gasteiger charge is -2.15. The molecule has 1 rings (SSSR count). The molecular formula is C9H16N2O4S.